The molecule has 10 heteroatoms. The Kier molecular flexibility index (Phi) is 6.74. The van der Waals surface area contributed by atoms with Crippen LogP contribution in [0.1, 0.15) is 53.4 Å². The van der Waals surface area contributed by atoms with E-state index in [0.717, 1.165) is 38.2 Å². The number of anilines is 1. The summed E-state index contributed by atoms with van der Waals surface area (Å²) in [4.78, 5) is 15.2. The van der Waals surface area contributed by atoms with Gasteiger partial charge in [-0.3, -0.25) is 4.79 Å². The second-order valence-electron chi connectivity index (χ2n) is 12.2. The van der Waals surface area contributed by atoms with E-state index in [2.05, 4.69) is 15.7 Å². The monoisotopic (exact) mass is 602 g/mol. The Labute approximate surface area is 249 Å². The van der Waals surface area contributed by atoms with Gasteiger partial charge in [-0.1, -0.05) is 29.8 Å². The second kappa shape index (κ2) is 10.6. The number of hydrogen-bond donors (Lipinski definition) is 2. The van der Waals surface area contributed by atoms with E-state index in [9.17, 15) is 18.3 Å². The van der Waals surface area contributed by atoms with Gasteiger partial charge in [0, 0.05) is 23.5 Å². The highest BCUT2D eigenvalue weighted by Gasteiger charge is 2.44. The van der Waals surface area contributed by atoms with E-state index >= 15 is 0 Å². The molecule has 4 aliphatic rings. The van der Waals surface area contributed by atoms with Crippen LogP contribution < -0.4 is 14.4 Å². The van der Waals surface area contributed by atoms with E-state index < -0.39 is 34.2 Å². The number of rotatable bonds is 0. The second-order valence-corrected chi connectivity index (χ2v) is 14.4. The van der Waals surface area contributed by atoms with Gasteiger partial charge in [-0.25, -0.2) is 13.1 Å². The minimum Gasteiger partial charge on any atom is -0.490 e. The number of aliphatic hydroxyl groups is 1. The zero-order chi connectivity index (χ0) is 30.8. The Morgan fingerprint density at radius 1 is 1.20 bits per heavy atom. The molecule has 2 aliphatic carbocycles. The maximum absolute atomic E-state index is 13.5. The molecule has 2 aromatic rings. The lowest BCUT2D eigenvalue weighted by Crippen LogP contribution is -2.49. The highest BCUT2D eigenvalue weighted by Crippen LogP contribution is 2.47. The topological polar surface area (TPSA) is 105 Å². The Morgan fingerprint density at radius 3 is 2.80 bits per heavy atom. The number of carbonyl (C=O) groups is 1. The highest BCUT2D eigenvalue weighted by molar-refractivity contribution is 7.90. The average Bonchev–Trinajstić information content (AvgIpc) is 3.06. The largest absolute Gasteiger partial charge is 0.490 e. The Balaban J connectivity index is 1.45. The van der Waals surface area contributed by atoms with Crippen molar-refractivity contribution in [2.75, 3.05) is 31.2 Å². The highest BCUT2D eigenvalue weighted by atomic mass is 35.5. The van der Waals surface area contributed by atoms with E-state index in [1.54, 1.807) is 12.1 Å². The molecule has 0 radical (unpaired) electrons. The first-order chi connectivity index (χ1) is 20.2. The number of halogens is 1. The van der Waals surface area contributed by atoms with Crippen molar-refractivity contribution in [1.29, 1.82) is 0 Å². The molecule has 6 rings (SSSR count). The molecule has 2 N–H and O–H groups in total. The van der Waals surface area contributed by atoms with Crippen LogP contribution in [0.25, 0.3) is 0 Å². The summed E-state index contributed by atoms with van der Waals surface area (Å²) >= 11 is 6.36. The molecule has 1 amide bonds. The summed E-state index contributed by atoms with van der Waals surface area (Å²) in [5, 5.41) is 11.8. The SMILES string of the molecule is [2H]C1([2H])/C=C\[C@H](O)[C@@H]2CC[C@H]2CN2C[C@@]3(CCCc4cc(Cl)ccc43)COc3ccc(cc32)S(=O)(=O)NC(=O)C(C)(C)O1. The standard InChI is InChI=1S/C31H37ClN2O6S/c1-30(2)29(36)33-41(37,38)23-9-12-28-26(16-23)34(17-21-7-10-24(21)27(35)6-4-14-40-30)18-31(19-39-28)13-3-5-20-15-22(32)8-11-25(20)31/h4,6,8-9,11-12,15-16,21,24,27,35H,3,5,7,10,13-14,17-19H2,1-2H3,(H,33,36)/b6-4-/t21-,24+,27-,31-/m0/s1/i14D2. The molecule has 2 aliphatic heterocycles. The van der Waals surface area contributed by atoms with Gasteiger partial charge in [0.05, 0.1) is 32.6 Å². The van der Waals surface area contributed by atoms with Crippen LogP contribution in [0.4, 0.5) is 5.69 Å². The van der Waals surface area contributed by atoms with Crippen LogP contribution in [0.3, 0.4) is 0 Å². The molecule has 41 heavy (non-hydrogen) atoms. The minimum absolute atomic E-state index is 0.0760. The number of carbonyl (C=O) groups excluding carboxylic acids is 1. The number of aliphatic hydroxyl groups excluding tert-OH is 1. The van der Waals surface area contributed by atoms with Crippen molar-refractivity contribution in [3.05, 3.63) is 64.7 Å². The average molecular weight is 603 g/mol. The maximum Gasteiger partial charge on any atom is 0.265 e. The van der Waals surface area contributed by atoms with Crippen LogP contribution >= 0.6 is 11.6 Å². The Hall–Kier alpha value is -2.59. The van der Waals surface area contributed by atoms with Crippen molar-refractivity contribution in [2.45, 2.75) is 68.0 Å². The summed E-state index contributed by atoms with van der Waals surface area (Å²) < 4.78 is 57.5. The van der Waals surface area contributed by atoms with Gasteiger partial charge in [-0.15, -0.1) is 0 Å². The molecule has 1 spiro atoms. The molecule has 1 fully saturated rings. The number of amides is 1. The molecule has 0 saturated heterocycles. The first-order valence-electron chi connectivity index (χ1n) is 15.1. The fraction of sp³-hybridized carbons (Fsp3) is 0.516. The van der Waals surface area contributed by atoms with E-state index in [1.165, 1.54) is 37.1 Å². The van der Waals surface area contributed by atoms with E-state index in [0.29, 0.717) is 36.2 Å². The van der Waals surface area contributed by atoms with Gasteiger partial charge in [-0.2, -0.15) is 0 Å². The molecule has 2 heterocycles. The molecular weight excluding hydrogens is 564 g/mol. The fourth-order valence-corrected chi connectivity index (χ4v) is 7.94. The molecule has 8 nitrogen and oxygen atoms in total. The first kappa shape index (κ1) is 26.1. The quantitative estimate of drug-likeness (QED) is 0.432. The molecule has 220 valence electrons. The van der Waals surface area contributed by atoms with Crippen molar-refractivity contribution in [1.82, 2.24) is 4.72 Å². The van der Waals surface area contributed by atoms with Gasteiger partial charge in [0.25, 0.3) is 15.9 Å². The number of nitrogens with zero attached hydrogens (tertiary/aromatic N) is 1. The normalized spacial score (nSPS) is 33.4. The lowest BCUT2D eigenvalue weighted by Gasteiger charge is -2.45. The Morgan fingerprint density at radius 2 is 2.02 bits per heavy atom. The van der Waals surface area contributed by atoms with Crippen molar-refractivity contribution in [3.8, 4) is 5.75 Å². The first-order valence-corrected chi connectivity index (χ1v) is 16.0. The van der Waals surface area contributed by atoms with Gasteiger partial charge in [0.15, 0.2) is 0 Å². The Bertz CT molecular complexity index is 1580. The zero-order valence-electron chi connectivity index (χ0n) is 25.2. The van der Waals surface area contributed by atoms with Crippen LogP contribution in [0, 0.1) is 11.8 Å². The number of ether oxygens (including phenoxy) is 2. The summed E-state index contributed by atoms with van der Waals surface area (Å²) in [5.41, 5.74) is 0.783. The summed E-state index contributed by atoms with van der Waals surface area (Å²) in [7, 11) is -4.34. The van der Waals surface area contributed by atoms with Crippen LogP contribution in [-0.4, -0.2) is 57.4 Å². The lowest BCUT2D eigenvalue weighted by atomic mass is 9.68. The predicted octanol–water partition coefficient (Wildman–Crippen LogP) is 4.37. The van der Waals surface area contributed by atoms with Crippen molar-refractivity contribution < 1.29 is 30.5 Å². The molecule has 0 unspecified atom stereocenters. The van der Waals surface area contributed by atoms with Crippen LogP contribution in [0.2, 0.25) is 5.02 Å². The van der Waals surface area contributed by atoms with E-state index in [-0.39, 0.29) is 22.1 Å². The number of nitrogens with one attached hydrogen (secondary N) is 1. The third-order valence-corrected chi connectivity index (χ3v) is 10.7. The molecule has 2 bridgehead atoms. The number of aryl methyl sites for hydroxylation is 1. The number of hydrogen-bond acceptors (Lipinski definition) is 7. The summed E-state index contributed by atoms with van der Waals surface area (Å²) in [6.07, 6.45) is 5.97. The third-order valence-electron chi connectivity index (χ3n) is 9.14. The summed E-state index contributed by atoms with van der Waals surface area (Å²) in [5.74, 6) is -0.510. The van der Waals surface area contributed by atoms with Gasteiger partial charge in [0.2, 0.25) is 0 Å². The predicted molar refractivity (Wildman–Crippen MR) is 157 cm³/mol. The van der Waals surface area contributed by atoms with E-state index in [1.807, 2.05) is 12.1 Å². The molecular formula is C31H37ClN2O6S. The number of benzene rings is 2. The van der Waals surface area contributed by atoms with Crippen molar-refractivity contribution >= 4 is 33.2 Å². The smallest absolute Gasteiger partial charge is 0.265 e. The number of sulfonamides is 1. The van der Waals surface area contributed by atoms with Crippen molar-refractivity contribution in [2.24, 2.45) is 11.8 Å². The molecule has 0 aromatic heterocycles. The van der Waals surface area contributed by atoms with Crippen LogP contribution in [0.15, 0.2) is 53.4 Å². The number of fused-ring (bicyclic) bond motifs is 4. The molecule has 2 aromatic carbocycles. The van der Waals surface area contributed by atoms with Gasteiger partial charge < -0.3 is 19.5 Å². The third kappa shape index (κ3) is 5.38. The van der Waals surface area contributed by atoms with Crippen LogP contribution in [-0.2, 0) is 31.4 Å². The summed E-state index contributed by atoms with van der Waals surface area (Å²) in [6, 6.07) is 10.6. The molecule has 1 saturated carbocycles. The van der Waals surface area contributed by atoms with Gasteiger partial charge in [-0.05, 0) is 99.2 Å². The summed E-state index contributed by atoms with van der Waals surface area (Å²) in [6.45, 7) is 1.70. The fourth-order valence-electron chi connectivity index (χ4n) is 6.63. The van der Waals surface area contributed by atoms with E-state index in [4.69, 9.17) is 23.8 Å². The molecule has 4 atom stereocenters. The maximum atomic E-state index is 13.5. The lowest BCUT2D eigenvalue weighted by molar-refractivity contribution is -0.139. The van der Waals surface area contributed by atoms with Crippen molar-refractivity contribution in [3.63, 3.8) is 0 Å². The van der Waals surface area contributed by atoms with Crippen LogP contribution in [0.5, 0.6) is 5.75 Å². The zero-order valence-corrected chi connectivity index (χ0v) is 24.8. The minimum atomic E-state index is -4.34. The van der Waals surface area contributed by atoms with Gasteiger partial charge in [0.1, 0.15) is 11.4 Å². The van der Waals surface area contributed by atoms with Gasteiger partial charge >= 0.3 is 0 Å².